The third kappa shape index (κ3) is 2.01. The second-order valence-electron chi connectivity index (χ2n) is 4.59. The highest BCUT2D eigenvalue weighted by Gasteiger charge is 2.19. The molecule has 1 aromatic carbocycles. The van der Waals surface area contributed by atoms with Gasteiger partial charge in [0, 0.05) is 5.39 Å². The lowest BCUT2D eigenvalue weighted by Crippen LogP contribution is -2.11. The summed E-state index contributed by atoms with van der Waals surface area (Å²) in [4.78, 5) is 0. The Morgan fingerprint density at radius 1 is 1.37 bits per heavy atom. The monoisotopic (exact) mass is 367 g/mol. The van der Waals surface area contributed by atoms with Crippen molar-refractivity contribution in [2.45, 2.75) is 19.9 Å². The van der Waals surface area contributed by atoms with Gasteiger partial charge in [0.25, 0.3) is 0 Å². The first-order valence-corrected chi connectivity index (χ1v) is 7.14. The van der Waals surface area contributed by atoms with Crippen molar-refractivity contribution in [2.24, 2.45) is 0 Å². The number of aromatic nitrogens is 2. The van der Waals surface area contributed by atoms with Crippen molar-refractivity contribution in [2.75, 3.05) is 5.73 Å². The zero-order valence-electron chi connectivity index (χ0n) is 10.7. The number of rotatable bonds is 2. The van der Waals surface area contributed by atoms with E-state index in [4.69, 9.17) is 10.2 Å². The molecule has 0 radical (unpaired) electrons. The lowest BCUT2D eigenvalue weighted by atomic mass is 10.2. The van der Waals surface area contributed by atoms with Gasteiger partial charge >= 0.3 is 0 Å². The Hall–Kier alpha value is -1.50. The van der Waals surface area contributed by atoms with Crippen molar-refractivity contribution in [3.63, 3.8) is 0 Å². The summed E-state index contributed by atoms with van der Waals surface area (Å²) in [6.45, 7) is 4.00. The number of nitrogens with zero attached hydrogens (tertiary/aromatic N) is 2. The van der Waals surface area contributed by atoms with E-state index in [-0.39, 0.29) is 6.04 Å². The van der Waals surface area contributed by atoms with Crippen LogP contribution in [-0.4, -0.2) is 9.78 Å². The van der Waals surface area contributed by atoms with Gasteiger partial charge in [0.15, 0.2) is 0 Å². The van der Waals surface area contributed by atoms with Crippen molar-refractivity contribution in [3.05, 3.63) is 45.4 Å². The van der Waals surface area contributed by atoms with Gasteiger partial charge in [0.05, 0.1) is 9.26 Å². The van der Waals surface area contributed by atoms with Crippen LogP contribution in [0.3, 0.4) is 0 Å². The number of fused-ring (bicyclic) bond motifs is 1. The van der Waals surface area contributed by atoms with Crippen LogP contribution < -0.4 is 5.73 Å². The Morgan fingerprint density at radius 3 is 2.74 bits per heavy atom. The summed E-state index contributed by atoms with van der Waals surface area (Å²) in [5.41, 5.74) is 7.92. The number of benzene rings is 1. The number of aryl methyl sites for hydroxylation is 1. The minimum absolute atomic E-state index is 0.0189. The molecule has 5 heteroatoms. The van der Waals surface area contributed by atoms with Gasteiger partial charge in [-0.3, -0.25) is 0 Å². The Kier molecular flexibility index (Phi) is 3.00. The maximum Gasteiger partial charge on any atom is 0.136 e. The van der Waals surface area contributed by atoms with Crippen LogP contribution in [0.1, 0.15) is 24.4 Å². The number of furan rings is 1. The zero-order valence-corrected chi connectivity index (χ0v) is 12.9. The third-order valence-electron chi connectivity index (χ3n) is 3.27. The van der Waals surface area contributed by atoms with E-state index in [2.05, 4.69) is 27.7 Å². The fourth-order valence-electron chi connectivity index (χ4n) is 2.17. The van der Waals surface area contributed by atoms with Crippen LogP contribution in [0.15, 0.2) is 34.7 Å². The van der Waals surface area contributed by atoms with Crippen LogP contribution in [0.2, 0.25) is 0 Å². The molecule has 0 saturated carbocycles. The predicted octanol–water partition coefficient (Wildman–Crippen LogP) is 3.73. The van der Waals surface area contributed by atoms with E-state index >= 15 is 0 Å². The molecule has 3 aromatic rings. The topological polar surface area (TPSA) is 57.0 Å². The second-order valence-corrected chi connectivity index (χ2v) is 5.67. The third-order valence-corrected chi connectivity index (χ3v) is 4.60. The maximum absolute atomic E-state index is 6.09. The molecule has 0 fully saturated rings. The summed E-state index contributed by atoms with van der Waals surface area (Å²) in [7, 11) is 0. The summed E-state index contributed by atoms with van der Waals surface area (Å²) in [6.07, 6.45) is 0. The summed E-state index contributed by atoms with van der Waals surface area (Å²) in [6, 6.07) is 10.00. The van der Waals surface area contributed by atoms with Crippen LogP contribution in [-0.2, 0) is 0 Å². The molecular formula is C14H14IN3O. The molecule has 0 aliphatic carbocycles. The predicted molar refractivity (Wildman–Crippen MR) is 84.1 cm³/mol. The number of hydrogen-bond donors (Lipinski definition) is 1. The molecule has 0 aliphatic heterocycles. The molecule has 0 aliphatic rings. The van der Waals surface area contributed by atoms with Crippen LogP contribution in [0.25, 0.3) is 11.0 Å². The molecular weight excluding hydrogens is 353 g/mol. The normalized spacial score (nSPS) is 13.0. The molecule has 4 nitrogen and oxygen atoms in total. The minimum atomic E-state index is -0.0189. The van der Waals surface area contributed by atoms with Crippen molar-refractivity contribution >= 4 is 39.4 Å². The van der Waals surface area contributed by atoms with E-state index in [0.29, 0.717) is 5.82 Å². The van der Waals surface area contributed by atoms with Crippen molar-refractivity contribution < 1.29 is 4.42 Å². The summed E-state index contributed by atoms with van der Waals surface area (Å²) in [5.74, 6) is 1.55. The quantitative estimate of drug-likeness (QED) is 0.703. The summed E-state index contributed by atoms with van der Waals surface area (Å²) in [5, 5.41) is 5.58. The Labute approximate surface area is 124 Å². The number of hydrogen-bond acceptors (Lipinski definition) is 3. The highest BCUT2D eigenvalue weighted by molar-refractivity contribution is 14.1. The maximum atomic E-state index is 6.09. The van der Waals surface area contributed by atoms with Crippen LogP contribution in [0.5, 0.6) is 0 Å². The smallest absolute Gasteiger partial charge is 0.136 e. The molecule has 0 amide bonds. The van der Waals surface area contributed by atoms with Crippen molar-refractivity contribution in [1.29, 1.82) is 0 Å². The van der Waals surface area contributed by atoms with Crippen LogP contribution >= 0.6 is 22.6 Å². The number of halogens is 1. The first-order chi connectivity index (χ1) is 9.08. The second kappa shape index (κ2) is 4.56. The molecule has 1 atom stereocenters. The van der Waals surface area contributed by atoms with Crippen LogP contribution in [0.4, 0.5) is 5.82 Å². The Morgan fingerprint density at radius 2 is 2.11 bits per heavy atom. The lowest BCUT2D eigenvalue weighted by Gasteiger charge is -2.10. The fraction of sp³-hybridized carbons (Fsp3) is 0.214. The van der Waals surface area contributed by atoms with E-state index < -0.39 is 0 Å². The molecule has 0 bridgehead atoms. The molecule has 0 saturated heterocycles. The van der Waals surface area contributed by atoms with Gasteiger partial charge in [0.2, 0.25) is 0 Å². The Bertz CT molecular complexity index is 711. The highest BCUT2D eigenvalue weighted by atomic mass is 127. The van der Waals surface area contributed by atoms with E-state index in [0.717, 1.165) is 26.0 Å². The fourth-order valence-corrected chi connectivity index (χ4v) is 2.52. The van der Waals surface area contributed by atoms with E-state index in [9.17, 15) is 0 Å². The van der Waals surface area contributed by atoms with Gasteiger partial charge in [-0.25, -0.2) is 4.68 Å². The molecule has 0 spiro atoms. The van der Waals surface area contributed by atoms with Gasteiger partial charge < -0.3 is 10.2 Å². The van der Waals surface area contributed by atoms with Gasteiger partial charge in [-0.2, -0.15) is 5.10 Å². The average molecular weight is 367 g/mol. The van der Waals surface area contributed by atoms with E-state index in [1.54, 1.807) is 0 Å². The molecule has 2 aromatic heterocycles. The number of nitrogen functional groups attached to an aromatic ring is 1. The van der Waals surface area contributed by atoms with E-state index in [1.165, 1.54) is 0 Å². The molecule has 1 unspecified atom stereocenters. The number of anilines is 1. The highest BCUT2D eigenvalue weighted by Crippen LogP contribution is 2.29. The summed E-state index contributed by atoms with van der Waals surface area (Å²) >= 11 is 2.22. The molecule has 2 N–H and O–H groups in total. The Balaban J connectivity index is 2.07. The van der Waals surface area contributed by atoms with Crippen molar-refractivity contribution in [3.8, 4) is 0 Å². The standard InChI is InChI=1S/C14H14IN3O/c1-8-13(15)14(16)18(17-8)9(2)12-7-10-5-3-4-6-11(10)19-12/h3-7,9H,16H2,1-2H3. The van der Waals surface area contributed by atoms with Gasteiger partial charge in [-0.1, -0.05) is 18.2 Å². The number of nitrogens with two attached hydrogens (primary N) is 1. The van der Waals surface area contributed by atoms with Crippen LogP contribution in [0, 0.1) is 10.5 Å². The van der Waals surface area contributed by atoms with Crippen molar-refractivity contribution in [1.82, 2.24) is 9.78 Å². The van der Waals surface area contributed by atoms with Gasteiger partial charge in [0.1, 0.15) is 23.2 Å². The largest absolute Gasteiger partial charge is 0.459 e. The lowest BCUT2D eigenvalue weighted by molar-refractivity contribution is 0.447. The van der Waals surface area contributed by atoms with E-state index in [1.807, 2.05) is 48.9 Å². The molecule has 19 heavy (non-hydrogen) atoms. The average Bonchev–Trinajstić information content (AvgIpc) is 2.95. The molecule has 98 valence electrons. The SMILES string of the molecule is Cc1nn(C(C)c2cc3ccccc3o2)c(N)c1I. The zero-order chi connectivity index (χ0) is 13.6. The summed E-state index contributed by atoms with van der Waals surface area (Å²) < 4.78 is 8.68. The minimum Gasteiger partial charge on any atom is -0.459 e. The molecule has 2 heterocycles. The van der Waals surface area contributed by atoms with Gasteiger partial charge in [-0.05, 0) is 48.6 Å². The van der Waals surface area contributed by atoms with Gasteiger partial charge in [-0.15, -0.1) is 0 Å². The first-order valence-electron chi connectivity index (χ1n) is 6.06. The molecule has 3 rings (SSSR count). The number of para-hydroxylation sites is 1. The first kappa shape index (κ1) is 12.5.